The molecular formula is C25H26O5. The van der Waals surface area contributed by atoms with E-state index in [-0.39, 0.29) is 28.6 Å². The highest BCUT2D eigenvalue weighted by molar-refractivity contribution is 6.02. The first-order valence-corrected chi connectivity index (χ1v) is 10.7. The van der Waals surface area contributed by atoms with Gasteiger partial charge in [0.15, 0.2) is 11.6 Å². The highest BCUT2D eigenvalue weighted by Gasteiger charge is 2.59. The molecule has 5 rings (SSSR count). The Labute approximate surface area is 176 Å². The van der Waals surface area contributed by atoms with Gasteiger partial charge in [-0.15, -0.1) is 0 Å². The molecule has 1 saturated heterocycles. The Balaban J connectivity index is 1.66. The van der Waals surface area contributed by atoms with Gasteiger partial charge in [-0.3, -0.25) is 4.79 Å². The zero-order valence-corrected chi connectivity index (χ0v) is 17.1. The molecule has 1 aliphatic heterocycles. The standard InChI is InChI=1S/C25H26O5/c1-16-21-14-22(26)19-13-18(23(27)28)7-8-20(19)24(21,15-17-5-3-2-4-6-17)9-10-25(16)29-11-12-30-25/h2-8,13,16,21H,9-12,14-15H2,1H3,(H,27,28)/t16?,21-,24+/m0/s1. The van der Waals surface area contributed by atoms with Crippen molar-refractivity contribution in [2.45, 2.75) is 43.8 Å². The Morgan fingerprint density at radius 3 is 2.53 bits per heavy atom. The molecule has 1 N–H and O–H groups in total. The Hall–Kier alpha value is -2.50. The van der Waals surface area contributed by atoms with Gasteiger partial charge >= 0.3 is 5.97 Å². The number of carboxylic acids is 1. The predicted octanol–water partition coefficient (Wildman–Crippen LogP) is 4.24. The lowest BCUT2D eigenvalue weighted by molar-refractivity contribution is -0.234. The second-order valence-corrected chi connectivity index (χ2v) is 8.92. The molecular weight excluding hydrogens is 380 g/mol. The van der Waals surface area contributed by atoms with Crippen LogP contribution in [0.4, 0.5) is 0 Å². The minimum atomic E-state index is -1.01. The molecule has 156 valence electrons. The lowest BCUT2D eigenvalue weighted by atomic mass is 9.51. The zero-order valence-electron chi connectivity index (χ0n) is 17.1. The minimum absolute atomic E-state index is 0.0173. The average Bonchev–Trinajstić information content (AvgIpc) is 3.23. The lowest BCUT2D eigenvalue weighted by Crippen LogP contribution is -2.57. The second-order valence-electron chi connectivity index (χ2n) is 8.92. The number of Topliss-reactive ketones (excluding diaryl/α,β-unsaturated/α-hetero) is 1. The Morgan fingerprint density at radius 1 is 1.10 bits per heavy atom. The number of carbonyl (C=O) groups excluding carboxylic acids is 1. The third kappa shape index (κ3) is 2.83. The number of aromatic carboxylic acids is 1. The van der Waals surface area contributed by atoms with Crippen molar-refractivity contribution in [2.24, 2.45) is 11.8 Å². The quantitative estimate of drug-likeness (QED) is 0.825. The van der Waals surface area contributed by atoms with Crippen molar-refractivity contribution in [3.05, 3.63) is 70.8 Å². The van der Waals surface area contributed by atoms with Gasteiger partial charge in [0.05, 0.1) is 18.8 Å². The Kier molecular flexibility index (Phi) is 4.56. The van der Waals surface area contributed by atoms with Crippen LogP contribution in [0.3, 0.4) is 0 Å². The van der Waals surface area contributed by atoms with Crippen molar-refractivity contribution in [1.82, 2.24) is 0 Å². The van der Waals surface area contributed by atoms with E-state index in [0.29, 0.717) is 25.2 Å². The fourth-order valence-electron chi connectivity index (χ4n) is 6.11. The van der Waals surface area contributed by atoms with Crippen LogP contribution in [0, 0.1) is 11.8 Å². The summed E-state index contributed by atoms with van der Waals surface area (Å²) in [5, 5.41) is 9.44. The number of carboxylic acid groups (broad SMARTS) is 1. The van der Waals surface area contributed by atoms with E-state index < -0.39 is 11.8 Å². The SMILES string of the molecule is CC1[C@@H]2CC(=O)c3cc(C(=O)O)ccc3[C@]2(Cc2ccccc2)CCC12OCCO2. The fourth-order valence-corrected chi connectivity index (χ4v) is 6.11. The molecule has 2 fully saturated rings. The first kappa shape index (κ1) is 19.5. The number of benzene rings is 2. The molecule has 0 bridgehead atoms. The largest absolute Gasteiger partial charge is 0.478 e. The van der Waals surface area contributed by atoms with Crippen LogP contribution in [0.15, 0.2) is 48.5 Å². The molecule has 0 amide bonds. The summed E-state index contributed by atoms with van der Waals surface area (Å²) in [4.78, 5) is 24.7. The molecule has 30 heavy (non-hydrogen) atoms. The first-order valence-electron chi connectivity index (χ1n) is 10.7. The number of ketones is 1. The molecule has 1 heterocycles. The summed E-state index contributed by atoms with van der Waals surface area (Å²) in [6.45, 7) is 3.34. The van der Waals surface area contributed by atoms with Crippen LogP contribution in [0.2, 0.25) is 0 Å². The van der Waals surface area contributed by atoms with Gasteiger partial charge in [-0.1, -0.05) is 43.3 Å². The maximum Gasteiger partial charge on any atom is 0.335 e. The maximum atomic E-state index is 13.2. The van der Waals surface area contributed by atoms with E-state index >= 15 is 0 Å². The number of hydrogen-bond acceptors (Lipinski definition) is 4. The van der Waals surface area contributed by atoms with E-state index in [1.807, 2.05) is 24.3 Å². The maximum absolute atomic E-state index is 13.2. The fraction of sp³-hybridized carbons (Fsp3) is 0.440. The minimum Gasteiger partial charge on any atom is -0.478 e. The monoisotopic (exact) mass is 406 g/mol. The van der Waals surface area contributed by atoms with Crippen LogP contribution in [0.1, 0.15) is 58.0 Å². The number of fused-ring (bicyclic) bond motifs is 3. The molecule has 2 aromatic rings. The van der Waals surface area contributed by atoms with E-state index in [4.69, 9.17) is 9.47 Å². The van der Waals surface area contributed by atoms with Crippen molar-refractivity contribution >= 4 is 11.8 Å². The van der Waals surface area contributed by atoms with Crippen molar-refractivity contribution in [1.29, 1.82) is 0 Å². The van der Waals surface area contributed by atoms with Crippen molar-refractivity contribution in [2.75, 3.05) is 13.2 Å². The van der Waals surface area contributed by atoms with Gasteiger partial charge in [-0.2, -0.15) is 0 Å². The molecule has 5 heteroatoms. The lowest BCUT2D eigenvalue weighted by Gasteiger charge is -2.56. The molecule has 2 aromatic carbocycles. The van der Waals surface area contributed by atoms with Crippen LogP contribution in [-0.2, 0) is 21.3 Å². The van der Waals surface area contributed by atoms with E-state index in [9.17, 15) is 14.7 Å². The van der Waals surface area contributed by atoms with Gasteiger partial charge in [-0.05, 0) is 42.0 Å². The van der Waals surface area contributed by atoms with E-state index in [1.165, 1.54) is 5.56 Å². The molecule has 1 spiro atoms. The van der Waals surface area contributed by atoms with Gasteiger partial charge in [-0.25, -0.2) is 4.79 Å². The van der Waals surface area contributed by atoms with E-state index in [2.05, 4.69) is 19.1 Å². The summed E-state index contributed by atoms with van der Waals surface area (Å²) in [5.41, 5.74) is 2.69. The number of ether oxygens (including phenoxy) is 2. The average molecular weight is 406 g/mol. The van der Waals surface area contributed by atoms with Crippen LogP contribution >= 0.6 is 0 Å². The van der Waals surface area contributed by atoms with Crippen LogP contribution < -0.4 is 0 Å². The van der Waals surface area contributed by atoms with E-state index in [1.54, 1.807) is 12.1 Å². The third-order valence-electron chi connectivity index (χ3n) is 7.57. The van der Waals surface area contributed by atoms with Crippen molar-refractivity contribution in [3.8, 4) is 0 Å². The second kappa shape index (κ2) is 7.03. The highest BCUT2D eigenvalue weighted by atomic mass is 16.7. The molecule has 5 nitrogen and oxygen atoms in total. The number of hydrogen-bond donors (Lipinski definition) is 1. The summed E-state index contributed by atoms with van der Waals surface area (Å²) in [6, 6.07) is 15.4. The molecule has 3 atom stereocenters. The molecule has 1 unspecified atom stereocenters. The smallest absolute Gasteiger partial charge is 0.335 e. The van der Waals surface area contributed by atoms with Crippen molar-refractivity contribution < 1.29 is 24.2 Å². The summed E-state index contributed by atoms with van der Waals surface area (Å²) >= 11 is 0. The summed E-state index contributed by atoms with van der Waals surface area (Å²) < 4.78 is 12.2. The van der Waals surface area contributed by atoms with Gasteiger partial charge in [0.25, 0.3) is 0 Å². The molecule has 2 aliphatic carbocycles. The van der Waals surface area contributed by atoms with Gasteiger partial charge in [0.2, 0.25) is 0 Å². The molecule has 1 saturated carbocycles. The molecule has 0 aromatic heterocycles. The molecule has 0 radical (unpaired) electrons. The van der Waals surface area contributed by atoms with Crippen molar-refractivity contribution in [3.63, 3.8) is 0 Å². The Morgan fingerprint density at radius 2 is 1.83 bits per heavy atom. The highest BCUT2D eigenvalue weighted by Crippen LogP contribution is 2.58. The third-order valence-corrected chi connectivity index (χ3v) is 7.57. The van der Waals surface area contributed by atoms with Gasteiger partial charge in [0.1, 0.15) is 0 Å². The van der Waals surface area contributed by atoms with E-state index in [0.717, 1.165) is 24.8 Å². The first-order chi connectivity index (χ1) is 14.5. The Bertz CT molecular complexity index is 992. The number of carbonyl (C=O) groups is 2. The normalized spacial score (nSPS) is 29.4. The summed E-state index contributed by atoms with van der Waals surface area (Å²) in [6.07, 6.45) is 2.81. The van der Waals surface area contributed by atoms with Crippen LogP contribution in [0.5, 0.6) is 0 Å². The van der Waals surface area contributed by atoms with Gasteiger partial charge in [0, 0.05) is 29.7 Å². The molecule has 3 aliphatic rings. The zero-order chi connectivity index (χ0) is 20.9. The predicted molar refractivity (Wildman–Crippen MR) is 111 cm³/mol. The van der Waals surface area contributed by atoms with Crippen LogP contribution in [-0.4, -0.2) is 35.9 Å². The summed E-state index contributed by atoms with van der Waals surface area (Å²) in [7, 11) is 0. The topological polar surface area (TPSA) is 72.8 Å². The van der Waals surface area contributed by atoms with Gasteiger partial charge < -0.3 is 14.6 Å². The van der Waals surface area contributed by atoms with Crippen LogP contribution in [0.25, 0.3) is 0 Å². The summed E-state index contributed by atoms with van der Waals surface area (Å²) in [5.74, 6) is -1.46. The number of rotatable bonds is 3.